The molecule has 1 N–H and O–H groups in total. The van der Waals surface area contributed by atoms with Crippen LogP contribution in [-0.2, 0) is 26.0 Å². The quantitative estimate of drug-likeness (QED) is 0.434. The Kier molecular flexibility index (Phi) is 10.6. The summed E-state index contributed by atoms with van der Waals surface area (Å²) in [7, 11) is -3.74. The first-order valence-corrected chi connectivity index (χ1v) is 14.0. The van der Waals surface area contributed by atoms with E-state index in [0.29, 0.717) is 36.1 Å². The number of carbonyl (C=O) groups excluding carboxylic acids is 2. The summed E-state index contributed by atoms with van der Waals surface area (Å²) in [5, 5.41) is 2.92. The van der Waals surface area contributed by atoms with E-state index in [2.05, 4.69) is 21.2 Å². The molecule has 0 saturated carbocycles. The fourth-order valence-electron chi connectivity index (χ4n) is 3.56. The number of sulfonamides is 1. The van der Waals surface area contributed by atoms with Gasteiger partial charge in [0.05, 0.1) is 11.9 Å². The lowest BCUT2D eigenvalue weighted by Gasteiger charge is -2.33. The van der Waals surface area contributed by atoms with Crippen LogP contribution in [0.25, 0.3) is 0 Å². The number of rotatable bonds is 12. The summed E-state index contributed by atoms with van der Waals surface area (Å²) in [6.07, 6.45) is 2.04. The van der Waals surface area contributed by atoms with Crippen LogP contribution in [-0.4, -0.2) is 57.1 Å². The molecular formula is C25H34BrN3O4S. The van der Waals surface area contributed by atoms with Crippen LogP contribution in [0.4, 0.5) is 5.69 Å². The topological polar surface area (TPSA) is 86.8 Å². The largest absolute Gasteiger partial charge is 0.354 e. The molecule has 0 bridgehead atoms. The molecule has 1 unspecified atom stereocenters. The maximum absolute atomic E-state index is 13.6. The van der Waals surface area contributed by atoms with Gasteiger partial charge in [0.25, 0.3) is 0 Å². The second-order valence-electron chi connectivity index (χ2n) is 8.64. The van der Waals surface area contributed by atoms with Gasteiger partial charge in [-0.25, -0.2) is 8.42 Å². The van der Waals surface area contributed by atoms with Crippen molar-refractivity contribution in [3.63, 3.8) is 0 Å². The summed E-state index contributed by atoms with van der Waals surface area (Å²) in [5.74, 6) is -0.383. The highest BCUT2D eigenvalue weighted by atomic mass is 79.9. The van der Waals surface area contributed by atoms with Crippen molar-refractivity contribution in [1.82, 2.24) is 10.2 Å². The highest BCUT2D eigenvalue weighted by Crippen LogP contribution is 2.23. The zero-order chi connectivity index (χ0) is 25.3. The van der Waals surface area contributed by atoms with Gasteiger partial charge in [0.1, 0.15) is 12.6 Å². The number of nitrogens with one attached hydrogen (secondary N) is 1. The lowest BCUT2D eigenvalue weighted by atomic mass is 10.1. The summed E-state index contributed by atoms with van der Waals surface area (Å²) in [5.41, 5.74) is 1.41. The van der Waals surface area contributed by atoms with Gasteiger partial charge in [0.15, 0.2) is 0 Å². The Morgan fingerprint density at radius 3 is 2.29 bits per heavy atom. The van der Waals surface area contributed by atoms with Crippen molar-refractivity contribution < 1.29 is 18.0 Å². The number of amides is 2. The summed E-state index contributed by atoms with van der Waals surface area (Å²) in [4.78, 5) is 28.1. The van der Waals surface area contributed by atoms with Crippen LogP contribution < -0.4 is 9.62 Å². The summed E-state index contributed by atoms with van der Waals surface area (Å²) < 4.78 is 27.0. The first kappa shape index (κ1) is 27.9. The maximum Gasteiger partial charge on any atom is 0.244 e. The van der Waals surface area contributed by atoms with Crippen molar-refractivity contribution >= 4 is 43.5 Å². The first-order chi connectivity index (χ1) is 16.0. The molecule has 9 heteroatoms. The molecule has 2 aromatic carbocycles. The molecule has 0 radical (unpaired) electrons. The Morgan fingerprint density at radius 1 is 1.06 bits per heavy atom. The summed E-state index contributed by atoms with van der Waals surface area (Å²) in [6.45, 7) is 6.27. The Hall–Kier alpha value is -2.39. The average molecular weight is 553 g/mol. The lowest BCUT2D eigenvalue weighted by molar-refractivity contribution is -0.139. The first-order valence-electron chi connectivity index (χ1n) is 11.4. The molecule has 0 aliphatic carbocycles. The third kappa shape index (κ3) is 8.43. The minimum atomic E-state index is -3.74. The Morgan fingerprint density at radius 2 is 1.74 bits per heavy atom. The van der Waals surface area contributed by atoms with Gasteiger partial charge < -0.3 is 10.2 Å². The molecule has 0 aliphatic rings. The van der Waals surface area contributed by atoms with Gasteiger partial charge in [-0.15, -0.1) is 0 Å². The molecule has 0 heterocycles. The molecule has 0 aromatic heterocycles. The number of carbonyl (C=O) groups is 2. The van der Waals surface area contributed by atoms with Crippen LogP contribution in [0.2, 0.25) is 0 Å². The van der Waals surface area contributed by atoms with E-state index in [1.54, 1.807) is 24.3 Å². The Balaban J connectivity index is 2.34. The fourth-order valence-corrected chi connectivity index (χ4v) is 4.79. The molecule has 2 rings (SSSR count). The summed E-state index contributed by atoms with van der Waals surface area (Å²) >= 11 is 3.36. The molecule has 0 fully saturated rings. The lowest BCUT2D eigenvalue weighted by Crippen LogP contribution is -2.53. The van der Waals surface area contributed by atoms with Gasteiger partial charge in [0, 0.05) is 17.6 Å². The highest BCUT2D eigenvalue weighted by Gasteiger charge is 2.31. The van der Waals surface area contributed by atoms with Crippen LogP contribution in [0.3, 0.4) is 0 Å². The predicted octanol–water partition coefficient (Wildman–Crippen LogP) is 3.84. The van der Waals surface area contributed by atoms with E-state index < -0.39 is 28.5 Å². The maximum atomic E-state index is 13.6. The van der Waals surface area contributed by atoms with Crippen molar-refractivity contribution in [2.75, 3.05) is 30.2 Å². The molecule has 0 spiro atoms. The van der Waals surface area contributed by atoms with Gasteiger partial charge >= 0.3 is 0 Å². The van der Waals surface area contributed by atoms with E-state index in [1.807, 2.05) is 51.1 Å². The smallest absolute Gasteiger partial charge is 0.244 e. The fraction of sp³-hybridized carbons (Fsp3) is 0.440. The van der Waals surface area contributed by atoms with Gasteiger partial charge in [-0.2, -0.15) is 0 Å². The van der Waals surface area contributed by atoms with Gasteiger partial charge in [0.2, 0.25) is 21.8 Å². The van der Waals surface area contributed by atoms with Crippen LogP contribution >= 0.6 is 15.9 Å². The molecule has 34 heavy (non-hydrogen) atoms. The number of halogens is 1. The van der Waals surface area contributed by atoms with E-state index in [1.165, 1.54) is 4.90 Å². The highest BCUT2D eigenvalue weighted by molar-refractivity contribution is 9.10. The Labute approximate surface area is 211 Å². The van der Waals surface area contributed by atoms with Crippen molar-refractivity contribution in [2.45, 2.75) is 39.7 Å². The minimum absolute atomic E-state index is 0.231. The number of hydrogen-bond donors (Lipinski definition) is 1. The normalized spacial score (nSPS) is 12.3. The average Bonchev–Trinajstić information content (AvgIpc) is 2.78. The molecule has 7 nitrogen and oxygen atoms in total. The van der Waals surface area contributed by atoms with Gasteiger partial charge in [-0.1, -0.05) is 73.1 Å². The van der Waals surface area contributed by atoms with Crippen LogP contribution in [0.15, 0.2) is 59.1 Å². The molecule has 0 aliphatic heterocycles. The molecule has 2 amide bonds. The molecular weight excluding hydrogens is 518 g/mol. The molecule has 186 valence electrons. The van der Waals surface area contributed by atoms with Gasteiger partial charge in [-0.05, 0) is 42.5 Å². The third-order valence-electron chi connectivity index (χ3n) is 5.33. The van der Waals surface area contributed by atoms with E-state index in [9.17, 15) is 18.0 Å². The second kappa shape index (κ2) is 12.9. The molecule has 1 atom stereocenters. The number of benzene rings is 2. The predicted molar refractivity (Wildman–Crippen MR) is 140 cm³/mol. The van der Waals surface area contributed by atoms with Crippen LogP contribution in [0.5, 0.6) is 0 Å². The second-order valence-corrected chi connectivity index (χ2v) is 11.5. The standard InChI is InChI=1S/C25H34BrN3O4S/c1-5-23(25(31)27-17-19(2)3)28(15-14-20-10-7-6-8-11-20)24(30)18-29(34(4,32)33)22-13-9-12-21(26)16-22/h6-13,16,19,23H,5,14-15,17-18H2,1-4H3,(H,27,31). The zero-order valence-corrected chi connectivity index (χ0v) is 22.6. The third-order valence-corrected chi connectivity index (χ3v) is 6.96. The van der Waals surface area contributed by atoms with Crippen LogP contribution in [0.1, 0.15) is 32.8 Å². The molecule has 0 saturated heterocycles. The Bertz CT molecular complexity index is 1060. The number of anilines is 1. The van der Waals surface area contributed by atoms with E-state index in [0.717, 1.165) is 16.1 Å². The van der Waals surface area contributed by atoms with Crippen molar-refractivity contribution in [2.24, 2.45) is 5.92 Å². The van der Waals surface area contributed by atoms with Crippen molar-refractivity contribution in [3.05, 3.63) is 64.6 Å². The monoisotopic (exact) mass is 551 g/mol. The molecule has 2 aromatic rings. The summed E-state index contributed by atoms with van der Waals surface area (Å²) in [6, 6.07) is 15.8. The van der Waals surface area contributed by atoms with E-state index in [4.69, 9.17) is 0 Å². The van der Waals surface area contributed by atoms with Crippen molar-refractivity contribution in [1.29, 1.82) is 0 Å². The number of hydrogen-bond acceptors (Lipinski definition) is 4. The van der Waals surface area contributed by atoms with Gasteiger partial charge in [-0.3, -0.25) is 13.9 Å². The van der Waals surface area contributed by atoms with Crippen molar-refractivity contribution in [3.8, 4) is 0 Å². The van der Waals surface area contributed by atoms with E-state index in [-0.39, 0.29) is 11.8 Å². The number of nitrogens with zero attached hydrogens (tertiary/aromatic N) is 2. The zero-order valence-electron chi connectivity index (χ0n) is 20.2. The van der Waals surface area contributed by atoms with Crippen LogP contribution in [0, 0.1) is 5.92 Å². The minimum Gasteiger partial charge on any atom is -0.354 e. The van der Waals surface area contributed by atoms with E-state index >= 15 is 0 Å². The SMILES string of the molecule is CCC(C(=O)NCC(C)C)N(CCc1ccccc1)C(=O)CN(c1cccc(Br)c1)S(C)(=O)=O.